The van der Waals surface area contributed by atoms with E-state index in [1.54, 1.807) is 0 Å². The number of aliphatic hydroxyl groups is 1. The van der Waals surface area contributed by atoms with Crippen molar-refractivity contribution in [2.75, 3.05) is 52.9 Å². The Kier molecular flexibility index (Phi) is 8.14. The monoisotopic (exact) mass is 314 g/mol. The van der Waals surface area contributed by atoms with E-state index in [0.29, 0.717) is 31.8 Å². The fourth-order valence-corrected chi connectivity index (χ4v) is 2.61. The number of rotatable bonds is 8. The van der Waals surface area contributed by atoms with Gasteiger partial charge < -0.3 is 25.5 Å². The molecule has 1 aliphatic rings. The van der Waals surface area contributed by atoms with E-state index in [9.17, 15) is 9.90 Å². The molecule has 2 amide bonds. The summed E-state index contributed by atoms with van der Waals surface area (Å²) in [6.07, 6.45) is 1.28. The van der Waals surface area contributed by atoms with Crippen LogP contribution in [0.2, 0.25) is 0 Å². The van der Waals surface area contributed by atoms with Gasteiger partial charge in [0.25, 0.3) is 0 Å². The highest BCUT2D eigenvalue weighted by atomic mass is 16.3. The first-order valence-electron chi connectivity index (χ1n) is 8.53. The molecule has 1 heterocycles. The molecule has 1 rings (SSSR count). The second-order valence-electron chi connectivity index (χ2n) is 6.70. The Hall–Kier alpha value is -0.850. The van der Waals surface area contributed by atoms with Gasteiger partial charge in [-0.05, 0) is 25.8 Å². The van der Waals surface area contributed by atoms with Gasteiger partial charge in [-0.15, -0.1) is 0 Å². The van der Waals surface area contributed by atoms with Gasteiger partial charge in [-0.3, -0.25) is 0 Å². The van der Waals surface area contributed by atoms with Crippen molar-refractivity contribution >= 4 is 6.03 Å². The van der Waals surface area contributed by atoms with Crippen LogP contribution in [0.3, 0.4) is 0 Å². The Morgan fingerprint density at radius 2 is 1.77 bits per heavy atom. The minimum atomic E-state index is -0.789. The zero-order valence-corrected chi connectivity index (χ0v) is 14.7. The van der Waals surface area contributed by atoms with Crippen LogP contribution in [0.5, 0.6) is 0 Å². The minimum Gasteiger partial charge on any atom is -0.388 e. The Morgan fingerprint density at radius 3 is 2.32 bits per heavy atom. The molecule has 0 bridgehead atoms. The van der Waals surface area contributed by atoms with Gasteiger partial charge in [0.2, 0.25) is 0 Å². The van der Waals surface area contributed by atoms with Crippen LogP contribution in [0, 0.1) is 5.92 Å². The van der Waals surface area contributed by atoms with E-state index in [0.717, 1.165) is 32.7 Å². The topological polar surface area (TPSA) is 67.8 Å². The summed E-state index contributed by atoms with van der Waals surface area (Å²) in [6.45, 7) is 12.4. The molecule has 0 spiro atoms. The third-order valence-electron chi connectivity index (χ3n) is 4.67. The molecule has 1 fully saturated rings. The molecular weight excluding hydrogens is 280 g/mol. The highest BCUT2D eigenvalue weighted by Gasteiger charge is 2.23. The summed E-state index contributed by atoms with van der Waals surface area (Å²) in [4.78, 5) is 16.6. The number of amides is 2. The van der Waals surface area contributed by atoms with Gasteiger partial charge in [-0.2, -0.15) is 0 Å². The van der Waals surface area contributed by atoms with Crippen molar-refractivity contribution in [2.45, 2.75) is 39.2 Å². The average Bonchev–Trinajstić information content (AvgIpc) is 2.53. The third-order valence-corrected chi connectivity index (χ3v) is 4.67. The van der Waals surface area contributed by atoms with Gasteiger partial charge >= 0.3 is 6.03 Å². The molecule has 130 valence electrons. The molecule has 0 aromatic carbocycles. The molecule has 1 aliphatic heterocycles. The summed E-state index contributed by atoms with van der Waals surface area (Å²) in [5.41, 5.74) is -0.789. The average molecular weight is 314 g/mol. The van der Waals surface area contributed by atoms with Crippen molar-refractivity contribution in [2.24, 2.45) is 5.92 Å². The molecule has 1 atom stereocenters. The SMILES string of the molecule is CCC(O)(CC)CNC(=O)NCC(C)CN1CCN(C)CC1. The van der Waals surface area contributed by atoms with Crippen molar-refractivity contribution < 1.29 is 9.90 Å². The number of carbonyl (C=O) groups excluding carboxylic acids is 1. The van der Waals surface area contributed by atoms with E-state index < -0.39 is 5.60 Å². The van der Waals surface area contributed by atoms with Crippen LogP contribution in [-0.4, -0.2) is 79.4 Å². The molecule has 1 saturated heterocycles. The second-order valence-corrected chi connectivity index (χ2v) is 6.70. The zero-order chi connectivity index (χ0) is 16.6. The molecule has 0 aromatic rings. The van der Waals surface area contributed by atoms with Crippen LogP contribution < -0.4 is 10.6 Å². The highest BCUT2D eigenvalue weighted by Crippen LogP contribution is 2.12. The van der Waals surface area contributed by atoms with Gasteiger partial charge in [0.1, 0.15) is 0 Å². The highest BCUT2D eigenvalue weighted by molar-refractivity contribution is 5.73. The summed E-state index contributed by atoms with van der Waals surface area (Å²) in [5, 5.41) is 15.8. The number of carbonyl (C=O) groups is 1. The van der Waals surface area contributed by atoms with Gasteiger partial charge in [-0.25, -0.2) is 4.79 Å². The van der Waals surface area contributed by atoms with E-state index in [4.69, 9.17) is 0 Å². The first-order chi connectivity index (χ1) is 10.4. The number of nitrogens with one attached hydrogen (secondary N) is 2. The number of piperazine rings is 1. The number of nitrogens with zero attached hydrogens (tertiary/aromatic N) is 2. The first kappa shape index (κ1) is 19.2. The molecule has 6 heteroatoms. The molecule has 0 aliphatic carbocycles. The maximum absolute atomic E-state index is 11.8. The third kappa shape index (κ3) is 6.94. The molecular formula is C16H34N4O2. The van der Waals surface area contributed by atoms with Crippen LogP contribution in [0.4, 0.5) is 4.79 Å². The van der Waals surface area contributed by atoms with Crippen LogP contribution in [0.15, 0.2) is 0 Å². The Balaban J connectivity index is 2.17. The summed E-state index contributed by atoms with van der Waals surface area (Å²) >= 11 is 0. The van der Waals surface area contributed by atoms with Gasteiger partial charge in [0, 0.05) is 45.8 Å². The van der Waals surface area contributed by atoms with Crippen LogP contribution in [0.1, 0.15) is 33.6 Å². The normalized spacial score (nSPS) is 19.0. The van der Waals surface area contributed by atoms with E-state index >= 15 is 0 Å². The quantitative estimate of drug-likeness (QED) is 0.617. The second kappa shape index (κ2) is 9.33. The molecule has 3 N–H and O–H groups in total. The fourth-order valence-electron chi connectivity index (χ4n) is 2.61. The summed E-state index contributed by atoms with van der Waals surface area (Å²) < 4.78 is 0. The fraction of sp³-hybridized carbons (Fsp3) is 0.938. The summed E-state index contributed by atoms with van der Waals surface area (Å²) in [5.74, 6) is 0.422. The molecule has 1 unspecified atom stereocenters. The Morgan fingerprint density at radius 1 is 1.18 bits per heavy atom. The maximum atomic E-state index is 11.8. The lowest BCUT2D eigenvalue weighted by Crippen LogP contribution is -2.49. The largest absolute Gasteiger partial charge is 0.388 e. The van der Waals surface area contributed by atoms with Crippen LogP contribution >= 0.6 is 0 Å². The molecule has 22 heavy (non-hydrogen) atoms. The van der Waals surface area contributed by atoms with Gasteiger partial charge in [-0.1, -0.05) is 20.8 Å². The molecule has 0 aromatic heterocycles. The number of urea groups is 1. The first-order valence-corrected chi connectivity index (χ1v) is 8.53. The summed E-state index contributed by atoms with van der Waals surface area (Å²) in [7, 11) is 2.15. The predicted octanol–water partition coefficient (Wildman–Crippen LogP) is 0.720. The van der Waals surface area contributed by atoms with E-state index in [1.807, 2.05) is 13.8 Å². The van der Waals surface area contributed by atoms with Crippen molar-refractivity contribution in [1.82, 2.24) is 20.4 Å². The van der Waals surface area contributed by atoms with Crippen molar-refractivity contribution in [3.05, 3.63) is 0 Å². The molecule has 6 nitrogen and oxygen atoms in total. The maximum Gasteiger partial charge on any atom is 0.314 e. The van der Waals surface area contributed by atoms with Crippen molar-refractivity contribution in [1.29, 1.82) is 0 Å². The summed E-state index contributed by atoms with van der Waals surface area (Å²) in [6, 6.07) is -0.189. The van der Waals surface area contributed by atoms with E-state index in [-0.39, 0.29) is 6.03 Å². The Labute approximate surface area is 135 Å². The molecule has 0 saturated carbocycles. The smallest absolute Gasteiger partial charge is 0.314 e. The minimum absolute atomic E-state index is 0.189. The van der Waals surface area contributed by atoms with E-state index in [1.165, 1.54) is 0 Å². The number of likely N-dealkylation sites (N-methyl/N-ethyl adjacent to an activating group) is 1. The Bertz CT molecular complexity index is 326. The van der Waals surface area contributed by atoms with Gasteiger partial charge in [0.15, 0.2) is 0 Å². The van der Waals surface area contributed by atoms with Crippen LogP contribution in [-0.2, 0) is 0 Å². The predicted molar refractivity (Wildman–Crippen MR) is 90.0 cm³/mol. The lowest BCUT2D eigenvalue weighted by Gasteiger charge is -2.34. The lowest BCUT2D eigenvalue weighted by molar-refractivity contribution is 0.0349. The zero-order valence-electron chi connectivity index (χ0n) is 14.7. The lowest BCUT2D eigenvalue weighted by atomic mass is 9.98. The number of hydrogen-bond acceptors (Lipinski definition) is 4. The van der Waals surface area contributed by atoms with Crippen molar-refractivity contribution in [3.8, 4) is 0 Å². The van der Waals surface area contributed by atoms with Crippen LogP contribution in [0.25, 0.3) is 0 Å². The standard InChI is InChI=1S/C16H34N4O2/c1-5-16(22,6-2)13-18-15(21)17-11-14(3)12-20-9-7-19(4)8-10-20/h14,22H,5-13H2,1-4H3,(H2,17,18,21). The van der Waals surface area contributed by atoms with Gasteiger partial charge in [0.05, 0.1) is 5.60 Å². The van der Waals surface area contributed by atoms with Crippen molar-refractivity contribution in [3.63, 3.8) is 0 Å². The molecule has 0 radical (unpaired) electrons. The number of hydrogen-bond donors (Lipinski definition) is 3. The van der Waals surface area contributed by atoms with E-state index in [2.05, 4.69) is 34.4 Å².